The summed E-state index contributed by atoms with van der Waals surface area (Å²) in [6.45, 7) is 7.47. The van der Waals surface area contributed by atoms with Gasteiger partial charge < -0.3 is 10.5 Å². The molecule has 0 saturated carbocycles. The van der Waals surface area contributed by atoms with Crippen molar-refractivity contribution in [3.63, 3.8) is 0 Å². The lowest BCUT2D eigenvalue weighted by Crippen LogP contribution is -2.38. The summed E-state index contributed by atoms with van der Waals surface area (Å²) in [6.07, 6.45) is 4.57. The number of hydrogen-bond acceptors (Lipinski definition) is 3. The average Bonchev–Trinajstić information content (AvgIpc) is 2.53. The van der Waals surface area contributed by atoms with Crippen LogP contribution in [0.15, 0.2) is 30.3 Å². The first-order valence-electron chi connectivity index (χ1n) is 8.26. The van der Waals surface area contributed by atoms with E-state index in [4.69, 9.17) is 10.5 Å². The second-order valence-electron chi connectivity index (χ2n) is 5.66. The Morgan fingerprint density at radius 2 is 1.76 bits per heavy atom. The molecule has 0 heterocycles. The quantitative estimate of drug-likeness (QED) is 0.677. The maximum atomic E-state index is 6.28. The molecule has 0 radical (unpaired) electrons. The molecule has 0 saturated heterocycles. The van der Waals surface area contributed by atoms with Gasteiger partial charge in [0, 0.05) is 25.7 Å². The number of hydrogen-bond donors (Lipinski definition) is 1. The van der Waals surface area contributed by atoms with Gasteiger partial charge in [0.05, 0.1) is 6.61 Å². The van der Waals surface area contributed by atoms with E-state index in [1.165, 1.54) is 18.4 Å². The molecule has 0 spiro atoms. The van der Waals surface area contributed by atoms with Gasteiger partial charge in [0.2, 0.25) is 0 Å². The molecule has 1 aromatic carbocycles. The Labute approximate surface area is 130 Å². The summed E-state index contributed by atoms with van der Waals surface area (Å²) < 4.78 is 5.24. The molecule has 0 aromatic heterocycles. The first kappa shape index (κ1) is 18.1. The summed E-state index contributed by atoms with van der Waals surface area (Å²) in [6, 6.07) is 11.2. The highest BCUT2D eigenvalue weighted by molar-refractivity contribution is 5.18. The summed E-state index contributed by atoms with van der Waals surface area (Å²) in [5.74, 6) is 0. The van der Waals surface area contributed by atoms with Crippen molar-refractivity contribution in [1.82, 2.24) is 4.90 Å². The molecule has 0 aliphatic carbocycles. The Bertz CT molecular complexity index is 351. The largest absolute Gasteiger partial charge is 0.383 e. The first-order chi connectivity index (χ1) is 10.2. The van der Waals surface area contributed by atoms with E-state index in [2.05, 4.69) is 43.0 Å². The molecule has 0 bridgehead atoms. The van der Waals surface area contributed by atoms with Crippen LogP contribution in [-0.4, -0.2) is 37.7 Å². The third-order valence-electron chi connectivity index (χ3n) is 4.23. The molecular formula is C18H32N2O. The van der Waals surface area contributed by atoms with Crippen LogP contribution in [-0.2, 0) is 4.74 Å². The van der Waals surface area contributed by atoms with Crippen LogP contribution in [0.1, 0.15) is 51.1 Å². The third kappa shape index (κ3) is 6.60. The maximum Gasteiger partial charge on any atom is 0.0589 e. The van der Waals surface area contributed by atoms with E-state index >= 15 is 0 Å². The molecule has 0 amide bonds. The van der Waals surface area contributed by atoms with Crippen molar-refractivity contribution in [2.45, 2.75) is 51.6 Å². The lowest BCUT2D eigenvalue weighted by molar-refractivity contribution is 0.113. The predicted octanol–water partition coefficient (Wildman–Crippen LogP) is 3.60. The van der Waals surface area contributed by atoms with Gasteiger partial charge in [0.1, 0.15) is 0 Å². The molecule has 1 atom stereocenters. The van der Waals surface area contributed by atoms with Gasteiger partial charge in [-0.2, -0.15) is 0 Å². The second kappa shape index (κ2) is 10.8. The van der Waals surface area contributed by atoms with Gasteiger partial charge in [-0.1, -0.05) is 44.2 Å². The Balaban J connectivity index is 2.41. The van der Waals surface area contributed by atoms with E-state index in [0.29, 0.717) is 6.04 Å². The van der Waals surface area contributed by atoms with Crippen LogP contribution in [0.3, 0.4) is 0 Å². The Kier molecular flexibility index (Phi) is 9.31. The summed E-state index contributed by atoms with van der Waals surface area (Å²) >= 11 is 0. The van der Waals surface area contributed by atoms with Gasteiger partial charge in [0.25, 0.3) is 0 Å². The van der Waals surface area contributed by atoms with Crippen LogP contribution < -0.4 is 5.73 Å². The van der Waals surface area contributed by atoms with Gasteiger partial charge in [-0.05, 0) is 37.8 Å². The Hall–Kier alpha value is -0.900. The molecule has 21 heavy (non-hydrogen) atoms. The highest BCUT2D eigenvalue weighted by Crippen LogP contribution is 2.17. The molecule has 3 heteroatoms. The molecule has 1 rings (SSSR count). The summed E-state index contributed by atoms with van der Waals surface area (Å²) in [5.41, 5.74) is 7.52. The van der Waals surface area contributed by atoms with Crippen molar-refractivity contribution < 1.29 is 4.74 Å². The topological polar surface area (TPSA) is 38.5 Å². The minimum atomic E-state index is 0.150. The molecule has 0 fully saturated rings. The van der Waals surface area contributed by atoms with Gasteiger partial charge in [0.15, 0.2) is 0 Å². The molecule has 120 valence electrons. The zero-order chi connectivity index (χ0) is 15.5. The third-order valence-corrected chi connectivity index (χ3v) is 4.23. The van der Waals surface area contributed by atoms with E-state index in [9.17, 15) is 0 Å². The van der Waals surface area contributed by atoms with Gasteiger partial charge in [-0.15, -0.1) is 0 Å². The van der Waals surface area contributed by atoms with E-state index in [1.54, 1.807) is 7.11 Å². The standard InChI is InChI=1S/C18H32N2O/c1-4-17(5-2)20(14-15-21-3)13-9-12-18(19)16-10-7-6-8-11-16/h6-8,10-11,17-18H,4-5,9,12-15,19H2,1-3H3. The van der Waals surface area contributed by atoms with Crippen molar-refractivity contribution in [3.8, 4) is 0 Å². The molecule has 1 aromatic rings. The number of nitrogens with zero attached hydrogens (tertiary/aromatic N) is 1. The van der Waals surface area contributed by atoms with Crippen molar-refractivity contribution in [2.24, 2.45) is 5.73 Å². The number of ether oxygens (including phenoxy) is 1. The zero-order valence-corrected chi connectivity index (χ0v) is 13.9. The van der Waals surface area contributed by atoms with Crippen LogP contribution in [0.25, 0.3) is 0 Å². The average molecular weight is 292 g/mol. The monoisotopic (exact) mass is 292 g/mol. The summed E-state index contributed by atoms with van der Waals surface area (Å²) in [5, 5.41) is 0. The molecule has 2 N–H and O–H groups in total. The van der Waals surface area contributed by atoms with E-state index < -0.39 is 0 Å². The normalized spacial score (nSPS) is 13.0. The second-order valence-corrected chi connectivity index (χ2v) is 5.66. The lowest BCUT2D eigenvalue weighted by Gasteiger charge is -2.30. The van der Waals surface area contributed by atoms with Gasteiger partial charge in [-0.3, -0.25) is 4.90 Å². The van der Waals surface area contributed by atoms with Crippen LogP contribution in [0, 0.1) is 0 Å². The van der Waals surface area contributed by atoms with Crippen LogP contribution in [0.2, 0.25) is 0 Å². The van der Waals surface area contributed by atoms with Crippen molar-refractivity contribution in [3.05, 3.63) is 35.9 Å². The number of nitrogens with two attached hydrogens (primary N) is 1. The number of methoxy groups -OCH3 is 1. The molecule has 0 aliphatic rings. The molecular weight excluding hydrogens is 260 g/mol. The summed E-state index contributed by atoms with van der Waals surface area (Å²) in [7, 11) is 1.77. The van der Waals surface area contributed by atoms with Crippen molar-refractivity contribution in [2.75, 3.05) is 26.8 Å². The predicted molar refractivity (Wildman–Crippen MR) is 90.4 cm³/mol. The first-order valence-corrected chi connectivity index (χ1v) is 8.26. The van der Waals surface area contributed by atoms with E-state index in [0.717, 1.165) is 32.5 Å². The minimum absolute atomic E-state index is 0.150. The minimum Gasteiger partial charge on any atom is -0.383 e. The molecule has 0 aliphatic heterocycles. The fourth-order valence-electron chi connectivity index (χ4n) is 2.87. The summed E-state index contributed by atoms with van der Waals surface area (Å²) in [4.78, 5) is 2.56. The van der Waals surface area contributed by atoms with Crippen LogP contribution in [0.4, 0.5) is 0 Å². The maximum absolute atomic E-state index is 6.28. The number of benzene rings is 1. The highest BCUT2D eigenvalue weighted by Gasteiger charge is 2.15. The van der Waals surface area contributed by atoms with E-state index in [-0.39, 0.29) is 6.04 Å². The number of rotatable bonds is 11. The van der Waals surface area contributed by atoms with Crippen molar-refractivity contribution >= 4 is 0 Å². The smallest absolute Gasteiger partial charge is 0.0589 e. The highest BCUT2D eigenvalue weighted by atomic mass is 16.5. The Morgan fingerprint density at radius 1 is 1.10 bits per heavy atom. The fourth-order valence-corrected chi connectivity index (χ4v) is 2.87. The molecule has 3 nitrogen and oxygen atoms in total. The fraction of sp³-hybridized carbons (Fsp3) is 0.667. The SMILES string of the molecule is CCC(CC)N(CCCC(N)c1ccccc1)CCOC. The lowest BCUT2D eigenvalue weighted by atomic mass is 10.0. The van der Waals surface area contributed by atoms with E-state index in [1.807, 2.05) is 6.07 Å². The molecule has 1 unspecified atom stereocenters. The van der Waals surface area contributed by atoms with Crippen LogP contribution in [0.5, 0.6) is 0 Å². The Morgan fingerprint density at radius 3 is 2.33 bits per heavy atom. The van der Waals surface area contributed by atoms with Crippen molar-refractivity contribution in [1.29, 1.82) is 0 Å². The van der Waals surface area contributed by atoms with Crippen LogP contribution >= 0.6 is 0 Å². The zero-order valence-electron chi connectivity index (χ0n) is 13.9. The van der Waals surface area contributed by atoms with Gasteiger partial charge >= 0.3 is 0 Å². The van der Waals surface area contributed by atoms with Gasteiger partial charge in [-0.25, -0.2) is 0 Å².